The molecule has 1 aromatic heterocycles. The topological polar surface area (TPSA) is 63.7 Å². The number of hydrogen-bond donors (Lipinski definition) is 0. The zero-order valence-electron chi connectivity index (χ0n) is 11.1. The molecule has 0 bridgehead atoms. The Hall–Kier alpha value is -2.68. The van der Waals surface area contributed by atoms with Crippen molar-refractivity contribution in [2.75, 3.05) is 0 Å². The van der Waals surface area contributed by atoms with E-state index in [0.29, 0.717) is 17.4 Å². The summed E-state index contributed by atoms with van der Waals surface area (Å²) in [6.45, 7) is 0. The summed E-state index contributed by atoms with van der Waals surface area (Å²) in [4.78, 5) is 40.1. The predicted octanol–water partition coefficient (Wildman–Crippen LogP) is 3.13. The molecular formula is C14H6F3NO4S. The number of imide groups is 1. The third-order valence-electron chi connectivity index (χ3n) is 3.06. The minimum absolute atomic E-state index is 0.0625. The Bertz CT molecular complexity index is 792. The molecule has 0 N–H and O–H groups in total. The number of carbonyl (C=O) groups is 3. The van der Waals surface area contributed by atoms with E-state index < -0.39 is 29.5 Å². The quantitative estimate of drug-likeness (QED) is 0.787. The van der Waals surface area contributed by atoms with Crippen LogP contribution in [0.25, 0.3) is 0 Å². The molecule has 0 saturated heterocycles. The standard InChI is InChI=1S/C14H6F3NO4S/c15-14(16,17)7-5-10(23-6-7)13(21)22-18-11(19)8-3-1-2-4-9(8)12(18)20/h1-6H. The fourth-order valence-electron chi connectivity index (χ4n) is 1.97. The number of hydrogen-bond acceptors (Lipinski definition) is 5. The molecule has 1 aliphatic rings. The summed E-state index contributed by atoms with van der Waals surface area (Å²) in [6, 6.07) is 6.44. The molecule has 0 aliphatic carbocycles. The molecule has 0 unspecified atom stereocenters. The molecule has 0 fully saturated rings. The van der Waals surface area contributed by atoms with Gasteiger partial charge in [0.2, 0.25) is 0 Å². The highest BCUT2D eigenvalue weighted by Crippen LogP contribution is 2.33. The number of hydroxylamine groups is 2. The van der Waals surface area contributed by atoms with Gasteiger partial charge < -0.3 is 4.84 Å². The summed E-state index contributed by atoms with van der Waals surface area (Å²) in [7, 11) is 0. The molecule has 2 heterocycles. The Balaban J connectivity index is 1.81. The average Bonchev–Trinajstić information content (AvgIpc) is 3.08. The Morgan fingerprint density at radius 2 is 1.65 bits per heavy atom. The Labute approximate surface area is 130 Å². The highest BCUT2D eigenvalue weighted by molar-refractivity contribution is 7.12. The van der Waals surface area contributed by atoms with Gasteiger partial charge in [-0.2, -0.15) is 13.2 Å². The number of nitrogens with zero attached hydrogens (tertiary/aromatic N) is 1. The third-order valence-corrected chi connectivity index (χ3v) is 3.97. The Kier molecular flexibility index (Phi) is 3.44. The van der Waals surface area contributed by atoms with E-state index in [0.717, 1.165) is 5.38 Å². The maximum Gasteiger partial charge on any atom is 0.417 e. The number of benzene rings is 1. The largest absolute Gasteiger partial charge is 0.417 e. The van der Waals surface area contributed by atoms with Crippen LogP contribution in [0.4, 0.5) is 13.2 Å². The van der Waals surface area contributed by atoms with E-state index in [1.807, 2.05) is 0 Å². The van der Waals surface area contributed by atoms with Crippen molar-refractivity contribution in [2.24, 2.45) is 0 Å². The minimum atomic E-state index is -4.59. The highest BCUT2D eigenvalue weighted by atomic mass is 32.1. The van der Waals surface area contributed by atoms with Crippen molar-refractivity contribution in [1.82, 2.24) is 5.06 Å². The van der Waals surface area contributed by atoms with Crippen LogP contribution in [0.15, 0.2) is 35.7 Å². The van der Waals surface area contributed by atoms with Crippen LogP contribution in [0.5, 0.6) is 0 Å². The number of rotatable bonds is 2. The third kappa shape index (κ3) is 2.59. The van der Waals surface area contributed by atoms with E-state index in [1.165, 1.54) is 24.3 Å². The molecule has 2 aromatic rings. The molecule has 9 heteroatoms. The Morgan fingerprint density at radius 3 is 2.13 bits per heavy atom. The van der Waals surface area contributed by atoms with E-state index in [4.69, 9.17) is 0 Å². The molecule has 1 aliphatic heterocycles. The number of halogens is 3. The average molecular weight is 341 g/mol. The lowest BCUT2D eigenvalue weighted by Crippen LogP contribution is -2.32. The molecule has 0 radical (unpaired) electrons. The van der Waals surface area contributed by atoms with Crippen LogP contribution in [-0.2, 0) is 11.0 Å². The molecule has 0 atom stereocenters. The first-order chi connectivity index (χ1) is 10.8. The molecule has 0 saturated carbocycles. The lowest BCUT2D eigenvalue weighted by Gasteiger charge is -2.11. The second-order valence-electron chi connectivity index (χ2n) is 4.53. The van der Waals surface area contributed by atoms with Crippen molar-refractivity contribution in [3.63, 3.8) is 0 Å². The van der Waals surface area contributed by atoms with E-state index in [2.05, 4.69) is 4.84 Å². The number of thiophene rings is 1. The first-order valence-electron chi connectivity index (χ1n) is 6.15. The zero-order chi connectivity index (χ0) is 16.8. The van der Waals surface area contributed by atoms with Crippen molar-refractivity contribution in [1.29, 1.82) is 0 Å². The fourth-order valence-corrected chi connectivity index (χ4v) is 2.75. The molecular weight excluding hydrogens is 335 g/mol. The Morgan fingerprint density at radius 1 is 1.09 bits per heavy atom. The van der Waals surface area contributed by atoms with Crippen LogP contribution in [0.1, 0.15) is 36.0 Å². The van der Waals surface area contributed by atoms with Crippen LogP contribution in [0, 0.1) is 0 Å². The van der Waals surface area contributed by atoms with Crippen molar-refractivity contribution < 1.29 is 32.4 Å². The SMILES string of the molecule is O=C(ON1C(=O)c2ccccc2C1=O)c1cc(C(F)(F)F)cs1. The molecule has 1 aromatic carbocycles. The highest BCUT2D eigenvalue weighted by Gasteiger charge is 2.39. The summed E-state index contributed by atoms with van der Waals surface area (Å²) < 4.78 is 37.5. The van der Waals surface area contributed by atoms with Gasteiger partial charge in [0.05, 0.1) is 16.7 Å². The summed E-state index contributed by atoms with van der Waals surface area (Å²) in [5.74, 6) is -2.89. The number of amides is 2. The maximum absolute atomic E-state index is 12.5. The lowest BCUT2D eigenvalue weighted by atomic mass is 10.1. The van der Waals surface area contributed by atoms with Crippen molar-refractivity contribution in [2.45, 2.75) is 6.18 Å². The normalized spacial score (nSPS) is 14.1. The van der Waals surface area contributed by atoms with Crippen LogP contribution < -0.4 is 0 Å². The van der Waals surface area contributed by atoms with Crippen molar-refractivity contribution in [3.8, 4) is 0 Å². The number of carbonyl (C=O) groups excluding carboxylic acids is 3. The van der Waals surface area contributed by atoms with Gasteiger partial charge in [-0.15, -0.1) is 11.3 Å². The van der Waals surface area contributed by atoms with E-state index in [-0.39, 0.29) is 21.1 Å². The molecule has 3 rings (SSSR count). The lowest BCUT2D eigenvalue weighted by molar-refractivity contribution is -0.137. The monoisotopic (exact) mass is 341 g/mol. The molecule has 5 nitrogen and oxygen atoms in total. The van der Waals surface area contributed by atoms with Gasteiger partial charge in [-0.05, 0) is 18.2 Å². The molecule has 2 amide bonds. The predicted molar refractivity (Wildman–Crippen MR) is 71.7 cm³/mol. The van der Waals surface area contributed by atoms with Gasteiger partial charge in [-0.1, -0.05) is 17.2 Å². The number of fused-ring (bicyclic) bond motifs is 1. The first kappa shape index (κ1) is 15.2. The van der Waals surface area contributed by atoms with Gasteiger partial charge in [0.25, 0.3) is 11.8 Å². The van der Waals surface area contributed by atoms with Crippen LogP contribution in [0.2, 0.25) is 0 Å². The summed E-state index contributed by atoms with van der Waals surface area (Å²) >= 11 is 0.510. The van der Waals surface area contributed by atoms with Crippen LogP contribution >= 0.6 is 11.3 Å². The van der Waals surface area contributed by atoms with Gasteiger partial charge in [-0.3, -0.25) is 9.59 Å². The van der Waals surface area contributed by atoms with E-state index >= 15 is 0 Å². The first-order valence-corrected chi connectivity index (χ1v) is 7.03. The second-order valence-corrected chi connectivity index (χ2v) is 5.44. The van der Waals surface area contributed by atoms with Crippen molar-refractivity contribution >= 4 is 29.1 Å². The number of alkyl halides is 3. The molecule has 0 spiro atoms. The molecule has 23 heavy (non-hydrogen) atoms. The van der Waals surface area contributed by atoms with Gasteiger partial charge >= 0.3 is 12.1 Å². The fraction of sp³-hybridized carbons (Fsp3) is 0.0714. The van der Waals surface area contributed by atoms with Gasteiger partial charge in [0, 0.05) is 5.38 Å². The van der Waals surface area contributed by atoms with Gasteiger partial charge in [0.1, 0.15) is 4.88 Å². The molecule has 118 valence electrons. The van der Waals surface area contributed by atoms with Crippen molar-refractivity contribution in [3.05, 3.63) is 57.3 Å². The summed E-state index contributed by atoms with van der Waals surface area (Å²) in [5.41, 5.74) is -0.878. The van der Waals surface area contributed by atoms with Gasteiger partial charge in [-0.25, -0.2) is 4.79 Å². The van der Waals surface area contributed by atoms with E-state index in [1.54, 1.807) is 0 Å². The minimum Gasteiger partial charge on any atom is -0.323 e. The summed E-state index contributed by atoms with van der Waals surface area (Å²) in [5, 5.41) is 0.999. The maximum atomic E-state index is 12.5. The van der Waals surface area contributed by atoms with Crippen LogP contribution in [-0.4, -0.2) is 22.8 Å². The summed E-state index contributed by atoms with van der Waals surface area (Å²) in [6.07, 6.45) is -4.59. The van der Waals surface area contributed by atoms with E-state index in [9.17, 15) is 27.6 Å². The smallest absolute Gasteiger partial charge is 0.323 e. The van der Waals surface area contributed by atoms with Crippen LogP contribution in [0.3, 0.4) is 0 Å². The zero-order valence-corrected chi connectivity index (χ0v) is 11.9. The van der Waals surface area contributed by atoms with Gasteiger partial charge in [0.15, 0.2) is 0 Å². The second kappa shape index (κ2) is 5.20.